The second-order valence-electron chi connectivity index (χ2n) is 7.73. The highest BCUT2D eigenvalue weighted by molar-refractivity contribution is 5.95. The molecule has 2 aromatic heterocycles. The van der Waals surface area contributed by atoms with Gasteiger partial charge in [-0.25, -0.2) is 9.97 Å². The van der Waals surface area contributed by atoms with Crippen molar-refractivity contribution in [2.75, 3.05) is 13.1 Å². The first-order valence-corrected chi connectivity index (χ1v) is 10.5. The maximum absolute atomic E-state index is 12.8. The number of amides is 2. The molecule has 4 rings (SSSR count). The van der Waals surface area contributed by atoms with Crippen LogP contribution in [-0.4, -0.2) is 44.8 Å². The summed E-state index contributed by atoms with van der Waals surface area (Å²) in [7, 11) is 0. The third-order valence-electron chi connectivity index (χ3n) is 5.52. The molecular weight excluding hydrogens is 390 g/mol. The van der Waals surface area contributed by atoms with Crippen LogP contribution in [0, 0.1) is 6.92 Å². The van der Waals surface area contributed by atoms with E-state index in [9.17, 15) is 9.59 Å². The van der Waals surface area contributed by atoms with Crippen LogP contribution >= 0.6 is 0 Å². The Hall–Kier alpha value is -3.61. The zero-order chi connectivity index (χ0) is 21.6. The highest BCUT2D eigenvalue weighted by Gasteiger charge is 2.27. The van der Waals surface area contributed by atoms with Gasteiger partial charge < -0.3 is 10.2 Å². The number of aryl methyl sites for hydroxylation is 1. The lowest BCUT2D eigenvalue weighted by Gasteiger charge is -2.32. The number of benzene rings is 1. The third-order valence-corrected chi connectivity index (χ3v) is 5.52. The monoisotopic (exact) mass is 415 g/mol. The summed E-state index contributed by atoms with van der Waals surface area (Å²) in [6.07, 6.45) is 6.65. The van der Waals surface area contributed by atoms with Gasteiger partial charge in [0, 0.05) is 44.1 Å². The van der Waals surface area contributed by atoms with E-state index in [0.717, 1.165) is 18.4 Å². The van der Waals surface area contributed by atoms with Crippen LogP contribution in [-0.2, 0) is 6.54 Å². The van der Waals surface area contributed by atoms with Gasteiger partial charge in [0.2, 0.25) is 0 Å². The van der Waals surface area contributed by atoms with Crippen LogP contribution in [0.25, 0.3) is 0 Å². The van der Waals surface area contributed by atoms with E-state index < -0.39 is 0 Å². The normalized spacial score (nSPS) is 16.0. The molecule has 0 unspecified atom stereocenters. The quantitative estimate of drug-likeness (QED) is 0.692. The second kappa shape index (κ2) is 9.47. The maximum atomic E-state index is 12.8. The molecule has 1 atom stereocenters. The Balaban J connectivity index is 1.42. The average Bonchev–Trinajstić information content (AvgIpc) is 2.83. The van der Waals surface area contributed by atoms with Gasteiger partial charge in [-0.1, -0.05) is 30.3 Å². The van der Waals surface area contributed by atoms with Gasteiger partial charge in [-0.2, -0.15) is 0 Å². The van der Waals surface area contributed by atoms with Crippen molar-refractivity contribution >= 4 is 11.8 Å². The Morgan fingerprint density at radius 2 is 1.97 bits per heavy atom. The van der Waals surface area contributed by atoms with Crippen LogP contribution < -0.4 is 5.32 Å². The number of carbonyl (C=O) groups is 2. The number of carbonyl (C=O) groups excluding carboxylic acids is 2. The fraction of sp³-hybridized carbons (Fsp3) is 0.292. The van der Waals surface area contributed by atoms with Crippen LogP contribution in [0.3, 0.4) is 0 Å². The summed E-state index contributed by atoms with van der Waals surface area (Å²) in [6, 6.07) is 13.3. The largest absolute Gasteiger partial charge is 0.348 e. The lowest BCUT2D eigenvalue weighted by Crippen LogP contribution is -2.39. The van der Waals surface area contributed by atoms with Crippen LogP contribution in [0.1, 0.15) is 56.6 Å². The molecule has 0 radical (unpaired) electrons. The Bertz CT molecular complexity index is 1060. The number of nitrogens with zero attached hydrogens (tertiary/aromatic N) is 4. The summed E-state index contributed by atoms with van der Waals surface area (Å²) in [4.78, 5) is 40.3. The van der Waals surface area contributed by atoms with Gasteiger partial charge in [-0.15, -0.1) is 0 Å². The summed E-state index contributed by atoms with van der Waals surface area (Å²) in [5.41, 5.74) is 2.74. The summed E-state index contributed by atoms with van der Waals surface area (Å²) < 4.78 is 0. The van der Waals surface area contributed by atoms with Crippen molar-refractivity contribution in [2.24, 2.45) is 0 Å². The minimum absolute atomic E-state index is 0.0218. The zero-order valence-corrected chi connectivity index (χ0v) is 17.5. The summed E-state index contributed by atoms with van der Waals surface area (Å²) in [5.74, 6) is 0.520. The molecule has 3 aromatic rings. The molecule has 1 saturated heterocycles. The van der Waals surface area contributed by atoms with Gasteiger partial charge >= 0.3 is 0 Å². The average molecular weight is 415 g/mol. The number of rotatable bonds is 5. The number of hydrogen-bond acceptors (Lipinski definition) is 5. The minimum Gasteiger partial charge on any atom is -0.348 e. The number of hydrogen-bond donors (Lipinski definition) is 1. The summed E-state index contributed by atoms with van der Waals surface area (Å²) in [6.45, 7) is 3.55. The van der Waals surface area contributed by atoms with Crippen LogP contribution in [0.4, 0.5) is 0 Å². The molecule has 0 saturated carbocycles. The lowest BCUT2D eigenvalue weighted by molar-refractivity contribution is 0.0704. The van der Waals surface area contributed by atoms with E-state index in [1.54, 1.807) is 30.7 Å². The minimum atomic E-state index is -0.190. The van der Waals surface area contributed by atoms with Crippen LogP contribution in [0.2, 0.25) is 0 Å². The molecular formula is C24H25N5O2. The van der Waals surface area contributed by atoms with Crippen molar-refractivity contribution in [1.29, 1.82) is 0 Å². The van der Waals surface area contributed by atoms with Crippen LogP contribution in [0.15, 0.2) is 61.1 Å². The third kappa shape index (κ3) is 4.94. The molecule has 158 valence electrons. The molecule has 7 nitrogen and oxygen atoms in total. The van der Waals surface area contributed by atoms with Gasteiger partial charge in [0.05, 0.1) is 16.8 Å². The van der Waals surface area contributed by atoms with Crippen molar-refractivity contribution in [3.05, 3.63) is 89.3 Å². The van der Waals surface area contributed by atoms with Gasteiger partial charge in [-0.05, 0) is 37.5 Å². The molecule has 1 aromatic carbocycles. The molecule has 1 N–H and O–H groups in total. The topological polar surface area (TPSA) is 88.1 Å². The molecule has 3 heterocycles. The Morgan fingerprint density at radius 3 is 2.71 bits per heavy atom. The zero-order valence-electron chi connectivity index (χ0n) is 17.5. The van der Waals surface area contributed by atoms with Gasteiger partial charge in [-0.3, -0.25) is 14.6 Å². The van der Waals surface area contributed by atoms with E-state index in [0.29, 0.717) is 42.3 Å². The smallest absolute Gasteiger partial charge is 0.255 e. The van der Waals surface area contributed by atoms with Gasteiger partial charge in [0.15, 0.2) is 0 Å². The molecule has 0 aliphatic carbocycles. The standard InChI is InChI=1S/C24H25N5O2/c1-17-21(23(30)27-13-18-7-3-2-4-8-18)15-26-22(28-17)20-10-6-12-29(16-20)24(31)19-9-5-11-25-14-19/h2-5,7-9,11,14-15,20H,6,10,12-13,16H2,1H3,(H,27,30)/t20-/m0/s1. The molecule has 1 fully saturated rings. The van der Waals surface area contributed by atoms with Crippen molar-refractivity contribution in [3.63, 3.8) is 0 Å². The first-order chi connectivity index (χ1) is 15.1. The number of pyridine rings is 1. The molecule has 2 amide bonds. The molecule has 1 aliphatic rings. The number of likely N-dealkylation sites (tertiary alicyclic amines) is 1. The van der Waals surface area contributed by atoms with Gasteiger partial charge in [0.1, 0.15) is 5.82 Å². The first-order valence-electron chi connectivity index (χ1n) is 10.5. The van der Waals surface area contributed by atoms with E-state index in [1.807, 2.05) is 42.2 Å². The predicted octanol–water partition coefficient (Wildman–Crippen LogP) is 3.13. The summed E-state index contributed by atoms with van der Waals surface area (Å²) >= 11 is 0. The molecule has 7 heteroatoms. The van der Waals surface area contributed by atoms with E-state index in [1.165, 1.54) is 0 Å². The fourth-order valence-electron chi connectivity index (χ4n) is 3.82. The Labute approximate surface area is 181 Å². The van der Waals surface area contributed by atoms with Crippen LogP contribution in [0.5, 0.6) is 0 Å². The first kappa shape index (κ1) is 20.7. The number of piperidine rings is 1. The Kier molecular flexibility index (Phi) is 6.31. The van der Waals surface area contributed by atoms with E-state index >= 15 is 0 Å². The van der Waals surface area contributed by atoms with E-state index in [2.05, 4.69) is 20.3 Å². The highest BCUT2D eigenvalue weighted by Crippen LogP contribution is 2.26. The molecule has 0 bridgehead atoms. The Morgan fingerprint density at radius 1 is 1.13 bits per heavy atom. The molecule has 31 heavy (non-hydrogen) atoms. The summed E-state index contributed by atoms with van der Waals surface area (Å²) in [5, 5.41) is 2.92. The highest BCUT2D eigenvalue weighted by atomic mass is 16.2. The number of aromatic nitrogens is 3. The number of nitrogens with one attached hydrogen (secondary N) is 1. The van der Waals surface area contributed by atoms with Gasteiger partial charge in [0.25, 0.3) is 11.8 Å². The van der Waals surface area contributed by atoms with Crippen molar-refractivity contribution in [3.8, 4) is 0 Å². The van der Waals surface area contributed by atoms with E-state index in [-0.39, 0.29) is 17.7 Å². The van der Waals surface area contributed by atoms with Crippen molar-refractivity contribution < 1.29 is 9.59 Å². The maximum Gasteiger partial charge on any atom is 0.255 e. The van der Waals surface area contributed by atoms with E-state index in [4.69, 9.17) is 0 Å². The molecule has 0 spiro atoms. The second-order valence-corrected chi connectivity index (χ2v) is 7.73. The van der Waals surface area contributed by atoms with Crippen molar-refractivity contribution in [1.82, 2.24) is 25.2 Å². The SMILES string of the molecule is Cc1nc([C@H]2CCCN(C(=O)c3cccnc3)C2)ncc1C(=O)NCc1ccccc1. The lowest BCUT2D eigenvalue weighted by atomic mass is 9.96. The predicted molar refractivity (Wildman–Crippen MR) is 116 cm³/mol. The fourth-order valence-corrected chi connectivity index (χ4v) is 3.82. The molecule has 1 aliphatic heterocycles. The van der Waals surface area contributed by atoms with Crippen molar-refractivity contribution in [2.45, 2.75) is 32.2 Å².